The largest absolute Gasteiger partial charge is 0.482 e. The van der Waals surface area contributed by atoms with Gasteiger partial charge in [0.2, 0.25) is 0 Å². The quantitative estimate of drug-likeness (QED) is 0.709. The van der Waals surface area contributed by atoms with Crippen LogP contribution in [0, 0.1) is 0 Å². The zero-order chi connectivity index (χ0) is 17.6. The van der Waals surface area contributed by atoms with Crippen LogP contribution in [-0.4, -0.2) is 49.7 Å². The highest BCUT2D eigenvalue weighted by Crippen LogP contribution is 2.48. The summed E-state index contributed by atoms with van der Waals surface area (Å²) >= 11 is 0. The summed E-state index contributed by atoms with van der Waals surface area (Å²) in [5.41, 5.74) is 0. The monoisotopic (exact) mass is 358 g/mol. The Labute approximate surface area is 113 Å². The highest BCUT2D eigenvalue weighted by atomic mass is 19.4. The second kappa shape index (κ2) is 5.33. The Bertz CT molecular complexity index is 372. The van der Waals surface area contributed by atoms with Gasteiger partial charge in [-0.25, -0.2) is 0 Å². The lowest BCUT2D eigenvalue weighted by Crippen LogP contribution is -2.65. The zero-order valence-electron chi connectivity index (χ0n) is 9.87. The molecule has 14 heteroatoms. The van der Waals surface area contributed by atoms with E-state index in [1.807, 2.05) is 0 Å². The summed E-state index contributed by atoms with van der Waals surface area (Å²) in [5.74, 6) is -5.12. The van der Waals surface area contributed by atoms with Crippen molar-refractivity contribution in [2.45, 2.75) is 36.5 Å². The van der Waals surface area contributed by atoms with Crippen LogP contribution in [0.4, 0.5) is 48.3 Å². The average Bonchev–Trinajstić information content (AvgIpc) is 2.24. The fourth-order valence-electron chi connectivity index (χ4n) is 1.34. The van der Waals surface area contributed by atoms with E-state index in [-0.39, 0.29) is 0 Å². The average molecular weight is 358 g/mol. The predicted molar refractivity (Wildman–Crippen MR) is 42.6 cm³/mol. The molecule has 0 amide bonds. The van der Waals surface area contributed by atoms with Gasteiger partial charge in [0.25, 0.3) is 0 Å². The Morgan fingerprint density at radius 1 is 0.727 bits per heavy atom. The van der Waals surface area contributed by atoms with Gasteiger partial charge in [0.15, 0.2) is 0 Å². The molecular formula is C8H5F11O3. The summed E-state index contributed by atoms with van der Waals surface area (Å²) in [7, 11) is 0. The van der Waals surface area contributed by atoms with Crippen molar-refractivity contribution in [1.29, 1.82) is 0 Å². The molecule has 0 aromatic heterocycles. The molecule has 22 heavy (non-hydrogen) atoms. The molecule has 1 rings (SSSR count). The van der Waals surface area contributed by atoms with Gasteiger partial charge in [-0.2, -0.15) is 48.3 Å². The molecule has 1 aliphatic rings. The van der Waals surface area contributed by atoms with Gasteiger partial charge in [-0.3, -0.25) is 0 Å². The van der Waals surface area contributed by atoms with Gasteiger partial charge in [0, 0.05) is 0 Å². The first-order valence-electron chi connectivity index (χ1n) is 5.07. The van der Waals surface area contributed by atoms with Crippen molar-refractivity contribution >= 4 is 0 Å². The fraction of sp³-hybridized carbons (Fsp3) is 1.00. The summed E-state index contributed by atoms with van der Waals surface area (Å²) in [4.78, 5) is 0. The molecule has 3 nitrogen and oxygen atoms in total. The lowest BCUT2D eigenvalue weighted by Gasteiger charge is -2.41. The third-order valence-corrected chi connectivity index (χ3v) is 2.34. The van der Waals surface area contributed by atoms with Crippen LogP contribution in [-0.2, 0) is 14.2 Å². The second-order valence-corrected chi connectivity index (χ2v) is 3.99. The minimum Gasteiger partial charge on any atom is -0.333 e. The maximum absolute atomic E-state index is 12.5. The first kappa shape index (κ1) is 19.2. The van der Waals surface area contributed by atoms with Crippen LogP contribution < -0.4 is 0 Å². The summed E-state index contributed by atoms with van der Waals surface area (Å²) in [6.45, 7) is -3.69. The number of hydrogen-bond acceptors (Lipinski definition) is 3. The van der Waals surface area contributed by atoms with Crippen LogP contribution in [0.3, 0.4) is 0 Å². The maximum atomic E-state index is 12.5. The van der Waals surface area contributed by atoms with E-state index in [1.54, 1.807) is 0 Å². The van der Waals surface area contributed by atoms with E-state index >= 15 is 0 Å². The topological polar surface area (TPSA) is 27.7 Å². The molecule has 1 saturated heterocycles. The van der Waals surface area contributed by atoms with Gasteiger partial charge in [-0.1, -0.05) is 0 Å². The molecule has 0 N–H and O–H groups in total. The minimum absolute atomic E-state index is 1.84. The maximum Gasteiger partial charge on any atom is 0.482 e. The summed E-state index contributed by atoms with van der Waals surface area (Å²) < 4.78 is 145. The molecule has 0 unspecified atom stereocenters. The van der Waals surface area contributed by atoms with Gasteiger partial charge in [-0.15, -0.1) is 0 Å². The molecule has 0 radical (unpaired) electrons. The van der Waals surface area contributed by atoms with E-state index in [1.165, 1.54) is 0 Å². The van der Waals surface area contributed by atoms with E-state index < -0.39 is 49.7 Å². The summed E-state index contributed by atoms with van der Waals surface area (Å²) in [6, 6.07) is 0. The van der Waals surface area contributed by atoms with E-state index in [4.69, 9.17) is 0 Å². The molecule has 1 heterocycles. The molecular weight excluding hydrogens is 353 g/mol. The van der Waals surface area contributed by atoms with Gasteiger partial charge in [0.05, 0.1) is 13.2 Å². The molecule has 0 atom stereocenters. The van der Waals surface area contributed by atoms with Crippen molar-refractivity contribution in [1.82, 2.24) is 0 Å². The van der Waals surface area contributed by atoms with Crippen LogP contribution in [0.15, 0.2) is 0 Å². The van der Waals surface area contributed by atoms with Crippen LogP contribution in [0.2, 0.25) is 0 Å². The van der Waals surface area contributed by atoms with Crippen molar-refractivity contribution in [3.05, 3.63) is 0 Å². The molecule has 0 saturated carbocycles. The Morgan fingerprint density at radius 2 is 1.09 bits per heavy atom. The Kier molecular flexibility index (Phi) is 4.64. The Morgan fingerprint density at radius 3 is 1.36 bits per heavy atom. The minimum atomic E-state index is -6.21. The van der Waals surface area contributed by atoms with Gasteiger partial charge in [0.1, 0.15) is 6.10 Å². The molecule has 1 aliphatic heterocycles. The first-order valence-corrected chi connectivity index (χ1v) is 5.07. The highest BCUT2D eigenvalue weighted by molar-refractivity contribution is 4.90. The number of rotatable bonds is 2. The third kappa shape index (κ3) is 3.37. The van der Waals surface area contributed by atoms with Gasteiger partial charge >= 0.3 is 30.4 Å². The van der Waals surface area contributed by atoms with Crippen molar-refractivity contribution < 1.29 is 62.5 Å². The molecule has 0 aromatic rings. The zero-order valence-corrected chi connectivity index (χ0v) is 9.87. The SMILES string of the molecule is FC(F)(F)C(F)(F)OC1COC(C(F)(F)F)(C(F)(F)F)OC1. The molecule has 1 fully saturated rings. The van der Waals surface area contributed by atoms with E-state index in [9.17, 15) is 48.3 Å². The molecule has 0 aliphatic carbocycles. The van der Waals surface area contributed by atoms with Crippen LogP contribution in [0.5, 0.6) is 0 Å². The molecule has 0 bridgehead atoms. The lowest BCUT2D eigenvalue weighted by molar-refractivity contribution is -0.497. The van der Waals surface area contributed by atoms with Crippen molar-refractivity contribution in [3.8, 4) is 0 Å². The lowest BCUT2D eigenvalue weighted by atomic mass is 10.2. The standard InChI is InChI=1S/C8H5F11O3/c9-5(10,11)4(6(12,13)14)20-1-3(2-21-4)22-8(18,19)7(15,16)17/h3H,1-2H2. The van der Waals surface area contributed by atoms with E-state index in [0.717, 1.165) is 0 Å². The normalized spacial score (nSPS) is 22.0. The number of alkyl halides is 11. The smallest absolute Gasteiger partial charge is 0.333 e. The van der Waals surface area contributed by atoms with Gasteiger partial charge < -0.3 is 14.2 Å². The van der Waals surface area contributed by atoms with Crippen molar-refractivity contribution in [3.63, 3.8) is 0 Å². The number of hydrogen-bond donors (Lipinski definition) is 0. The summed E-state index contributed by atoms with van der Waals surface area (Å²) in [6.07, 6.45) is -26.8. The van der Waals surface area contributed by atoms with Crippen molar-refractivity contribution in [2.75, 3.05) is 13.2 Å². The Hall–Kier alpha value is -0.890. The van der Waals surface area contributed by atoms with E-state index in [2.05, 4.69) is 14.2 Å². The summed E-state index contributed by atoms with van der Waals surface area (Å²) in [5, 5.41) is 0. The Balaban J connectivity index is 2.85. The van der Waals surface area contributed by atoms with Crippen LogP contribution in [0.1, 0.15) is 0 Å². The number of ether oxygens (including phenoxy) is 3. The first-order chi connectivity index (χ1) is 9.54. The van der Waals surface area contributed by atoms with Crippen LogP contribution >= 0.6 is 0 Å². The van der Waals surface area contributed by atoms with Gasteiger partial charge in [-0.05, 0) is 0 Å². The van der Waals surface area contributed by atoms with Crippen LogP contribution in [0.25, 0.3) is 0 Å². The second-order valence-electron chi connectivity index (χ2n) is 3.99. The number of halogens is 11. The van der Waals surface area contributed by atoms with E-state index in [0.29, 0.717) is 0 Å². The third-order valence-electron chi connectivity index (χ3n) is 2.34. The van der Waals surface area contributed by atoms with Crippen molar-refractivity contribution in [2.24, 2.45) is 0 Å². The predicted octanol–water partition coefficient (Wildman–Crippen LogP) is 3.39. The molecule has 0 aromatic carbocycles. The fourth-order valence-corrected chi connectivity index (χ4v) is 1.34. The molecule has 0 spiro atoms. The highest BCUT2D eigenvalue weighted by Gasteiger charge is 2.76. The molecule has 132 valence electrons.